The van der Waals surface area contributed by atoms with Crippen LogP contribution in [-0.2, 0) is 0 Å². The lowest BCUT2D eigenvalue weighted by atomic mass is 10.2. The molecule has 1 atom stereocenters. The minimum Gasteiger partial charge on any atom is -0.337 e. The van der Waals surface area contributed by atoms with E-state index in [1.807, 2.05) is 0 Å². The number of likely N-dealkylation sites (tertiary alicyclic amines) is 1. The largest absolute Gasteiger partial charge is 0.337 e. The molecule has 2 rings (SSSR count). The summed E-state index contributed by atoms with van der Waals surface area (Å²) >= 11 is 5.62. The minimum atomic E-state index is -0.517. The van der Waals surface area contributed by atoms with Crippen LogP contribution >= 0.6 is 24.0 Å². The monoisotopic (exact) mass is 278 g/mol. The van der Waals surface area contributed by atoms with Crippen LogP contribution in [-0.4, -0.2) is 29.9 Å². The molecular weight excluding hydrogens is 266 g/mol. The van der Waals surface area contributed by atoms with Crippen LogP contribution in [0, 0.1) is 5.82 Å². The minimum absolute atomic E-state index is 0. The Morgan fingerprint density at radius 1 is 1.53 bits per heavy atom. The Hall–Kier alpha value is -0.840. The molecule has 1 aromatic carbocycles. The van der Waals surface area contributed by atoms with E-state index in [-0.39, 0.29) is 29.4 Å². The van der Waals surface area contributed by atoms with Crippen molar-refractivity contribution in [3.05, 3.63) is 34.6 Å². The highest BCUT2D eigenvalue weighted by Crippen LogP contribution is 2.18. The van der Waals surface area contributed by atoms with E-state index in [0.29, 0.717) is 18.7 Å². The summed E-state index contributed by atoms with van der Waals surface area (Å²) in [4.78, 5) is 13.6. The van der Waals surface area contributed by atoms with Gasteiger partial charge < -0.3 is 10.6 Å². The maximum Gasteiger partial charge on any atom is 0.253 e. The molecule has 1 saturated heterocycles. The average molecular weight is 279 g/mol. The second-order valence-electron chi connectivity index (χ2n) is 3.93. The maximum absolute atomic E-state index is 12.9. The summed E-state index contributed by atoms with van der Waals surface area (Å²) in [5.41, 5.74) is 6.12. The number of nitrogens with zero attached hydrogens (tertiary/aromatic N) is 1. The number of carbonyl (C=O) groups excluding carboxylic acids is 1. The van der Waals surface area contributed by atoms with Gasteiger partial charge in [-0.2, -0.15) is 0 Å². The zero-order valence-corrected chi connectivity index (χ0v) is 10.6. The molecule has 0 aliphatic carbocycles. The van der Waals surface area contributed by atoms with Gasteiger partial charge in [0.2, 0.25) is 0 Å². The number of hydrogen-bond donors (Lipinski definition) is 1. The average Bonchev–Trinajstić information content (AvgIpc) is 2.68. The van der Waals surface area contributed by atoms with E-state index in [2.05, 4.69) is 0 Å². The first kappa shape index (κ1) is 14.2. The molecule has 1 aliphatic heterocycles. The van der Waals surface area contributed by atoms with Crippen molar-refractivity contribution in [1.82, 2.24) is 4.90 Å². The van der Waals surface area contributed by atoms with Crippen LogP contribution in [0.25, 0.3) is 0 Å². The molecule has 3 nitrogen and oxygen atoms in total. The van der Waals surface area contributed by atoms with Crippen LogP contribution in [0.1, 0.15) is 16.8 Å². The summed E-state index contributed by atoms with van der Waals surface area (Å²) in [5, 5.41) is -0.0330. The zero-order chi connectivity index (χ0) is 11.7. The van der Waals surface area contributed by atoms with Gasteiger partial charge in [-0.25, -0.2) is 4.39 Å². The van der Waals surface area contributed by atoms with Crippen LogP contribution in [0.3, 0.4) is 0 Å². The van der Waals surface area contributed by atoms with Gasteiger partial charge in [-0.15, -0.1) is 12.4 Å². The molecule has 0 spiro atoms. The molecule has 0 saturated carbocycles. The number of halogens is 3. The molecule has 1 aliphatic rings. The van der Waals surface area contributed by atoms with Crippen molar-refractivity contribution < 1.29 is 9.18 Å². The number of amides is 1. The lowest BCUT2D eigenvalue weighted by Crippen LogP contribution is -2.31. The molecular formula is C11H13Cl2FN2O. The van der Waals surface area contributed by atoms with Crippen molar-refractivity contribution in [1.29, 1.82) is 0 Å². The highest BCUT2D eigenvalue weighted by atomic mass is 35.5. The van der Waals surface area contributed by atoms with Crippen LogP contribution in [0.15, 0.2) is 18.2 Å². The van der Waals surface area contributed by atoms with Gasteiger partial charge in [-0.05, 0) is 24.6 Å². The highest BCUT2D eigenvalue weighted by Gasteiger charge is 2.24. The molecule has 1 amide bonds. The summed E-state index contributed by atoms with van der Waals surface area (Å²) < 4.78 is 12.9. The highest BCUT2D eigenvalue weighted by molar-refractivity contribution is 6.31. The maximum atomic E-state index is 12.9. The molecule has 0 aromatic heterocycles. The predicted molar refractivity (Wildman–Crippen MR) is 67.2 cm³/mol. The summed E-state index contributed by atoms with van der Waals surface area (Å²) in [6.45, 7) is 1.20. The molecule has 2 N–H and O–H groups in total. The number of carbonyl (C=O) groups is 1. The second-order valence-corrected chi connectivity index (χ2v) is 4.34. The standard InChI is InChI=1S/C11H12ClFN2O.ClH/c12-9-5-7(1-2-10(9)13)11(16)15-4-3-8(14)6-15;/h1-2,5,8H,3-4,6,14H2;1H/t8-;/m1./s1. The van der Waals surface area contributed by atoms with Crippen LogP contribution in [0.4, 0.5) is 4.39 Å². The Bertz CT molecular complexity index is 428. The third kappa shape index (κ3) is 3.09. The smallest absolute Gasteiger partial charge is 0.253 e. The topological polar surface area (TPSA) is 46.3 Å². The summed E-state index contributed by atoms with van der Waals surface area (Å²) in [7, 11) is 0. The predicted octanol–water partition coefficient (Wildman–Crippen LogP) is 2.07. The molecule has 6 heteroatoms. The zero-order valence-electron chi connectivity index (χ0n) is 9.03. The van der Waals surface area contributed by atoms with Gasteiger partial charge >= 0.3 is 0 Å². The fourth-order valence-corrected chi connectivity index (χ4v) is 1.96. The first-order valence-electron chi connectivity index (χ1n) is 5.08. The van der Waals surface area contributed by atoms with Crippen LogP contribution < -0.4 is 5.73 Å². The molecule has 0 unspecified atom stereocenters. The van der Waals surface area contributed by atoms with Crippen molar-refractivity contribution in [2.45, 2.75) is 12.5 Å². The van der Waals surface area contributed by atoms with E-state index in [1.54, 1.807) is 4.90 Å². The fraction of sp³-hybridized carbons (Fsp3) is 0.364. The van der Waals surface area contributed by atoms with E-state index in [1.165, 1.54) is 18.2 Å². The summed E-state index contributed by atoms with van der Waals surface area (Å²) in [6, 6.07) is 4.03. The number of benzene rings is 1. The van der Waals surface area contributed by atoms with Crippen molar-refractivity contribution in [3.8, 4) is 0 Å². The molecule has 1 aromatic rings. The first-order chi connectivity index (χ1) is 7.58. The Kier molecular flexibility index (Phi) is 4.74. The van der Waals surface area contributed by atoms with Crippen molar-refractivity contribution in [2.24, 2.45) is 5.73 Å². The molecule has 17 heavy (non-hydrogen) atoms. The third-order valence-electron chi connectivity index (χ3n) is 2.68. The third-order valence-corrected chi connectivity index (χ3v) is 2.97. The van der Waals surface area contributed by atoms with E-state index in [4.69, 9.17) is 17.3 Å². The SMILES string of the molecule is Cl.N[C@@H]1CCN(C(=O)c2ccc(F)c(Cl)c2)C1. The van der Waals surface area contributed by atoms with Gasteiger partial charge in [0.1, 0.15) is 5.82 Å². The van der Waals surface area contributed by atoms with Crippen LogP contribution in [0.5, 0.6) is 0 Å². The van der Waals surface area contributed by atoms with Gasteiger partial charge in [-0.3, -0.25) is 4.79 Å². The van der Waals surface area contributed by atoms with E-state index >= 15 is 0 Å². The number of nitrogens with two attached hydrogens (primary N) is 1. The molecule has 1 fully saturated rings. The normalized spacial score (nSPS) is 19.0. The van der Waals surface area contributed by atoms with Gasteiger partial charge in [0, 0.05) is 24.7 Å². The molecule has 0 radical (unpaired) electrons. The van der Waals surface area contributed by atoms with Gasteiger partial charge in [0.05, 0.1) is 5.02 Å². The quantitative estimate of drug-likeness (QED) is 0.855. The lowest BCUT2D eigenvalue weighted by Gasteiger charge is -2.15. The van der Waals surface area contributed by atoms with Crippen molar-refractivity contribution >= 4 is 29.9 Å². The van der Waals surface area contributed by atoms with Gasteiger partial charge in [0.25, 0.3) is 5.91 Å². The Morgan fingerprint density at radius 3 is 2.76 bits per heavy atom. The summed E-state index contributed by atoms with van der Waals surface area (Å²) in [6.07, 6.45) is 0.806. The summed E-state index contributed by atoms with van der Waals surface area (Å²) in [5.74, 6) is -0.661. The second kappa shape index (κ2) is 5.67. The molecule has 0 bridgehead atoms. The van der Waals surface area contributed by atoms with E-state index in [0.717, 1.165) is 6.42 Å². The lowest BCUT2D eigenvalue weighted by molar-refractivity contribution is 0.0791. The Balaban J connectivity index is 0.00000144. The van der Waals surface area contributed by atoms with Crippen molar-refractivity contribution in [2.75, 3.05) is 13.1 Å². The van der Waals surface area contributed by atoms with Gasteiger partial charge in [-0.1, -0.05) is 11.6 Å². The van der Waals surface area contributed by atoms with E-state index in [9.17, 15) is 9.18 Å². The first-order valence-corrected chi connectivity index (χ1v) is 5.45. The Labute approximate surface area is 110 Å². The molecule has 94 valence electrons. The number of rotatable bonds is 1. The number of hydrogen-bond acceptors (Lipinski definition) is 2. The molecule has 1 heterocycles. The van der Waals surface area contributed by atoms with Gasteiger partial charge in [0.15, 0.2) is 0 Å². The van der Waals surface area contributed by atoms with E-state index < -0.39 is 5.82 Å². The van der Waals surface area contributed by atoms with Crippen LogP contribution in [0.2, 0.25) is 5.02 Å². The Morgan fingerprint density at radius 2 is 2.24 bits per heavy atom. The fourth-order valence-electron chi connectivity index (χ4n) is 1.78. The van der Waals surface area contributed by atoms with Crippen molar-refractivity contribution in [3.63, 3.8) is 0 Å².